The first-order valence-electron chi connectivity index (χ1n) is 8.69. The molecule has 0 nitrogen and oxygen atoms in total. The predicted molar refractivity (Wildman–Crippen MR) is 99.8 cm³/mol. The second-order valence-electron chi connectivity index (χ2n) is 6.73. The van der Waals surface area contributed by atoms with Crippen LogP contribution in [0.2, 0.25) is 0 Å². The van der Waals surface area contributed by atoms with E-state index in [4.69, 9.17) is 0 Å². The van der Waals surface area contributed by atoms with E-state index in [-0.39, 0.29) is 0 Å². The van der Waals surface area contributed by atoms with Gasteiger partial charge < -0.3 is 0 Å². The molecule has 0 saturated carbocycles. The van der Waals surface area contributed by atoms with Gasteiger partial charge in [-0.05, 0) is 31.4 Å². The third-order valence-corrected chi connectivity index (χ3v) is 4.67. The molecule has 0 aliphatic heterocycles. The zero-order valence-corrected chi connectivity index (χ0v) is 14.4. The summed E-state index contributed by atoms with van der Waals surface area (Å²) in [6.45, 7) is 6.61. The SMILES string of the molecule is CCCC1=CC(C(c2cccc(C)c2)c2cccc(C)c2)C=C1. The fraction of sp³-hybridized carbons (Fsp3) is 0.304. The van der Waals surface area contributed by atoms with Crippen molar-refractivity contribution in [2.45, 2.75) is 39.5 Å². The van der Waals surface area contributed by atoms with Crippen LogP contribution in [0.4, 0.5) is 0 Å². The van der Waals surface area contributed by atoms with Gasteiger partial charge in [0.2, 0.25) is 0 Å². The molecule has 0 spiro atoms. The Morgan fingerprint density at radius 2 is 1.52 bits per heavy atom. The lowest BCUT2D eigenvalue weighted by Crippen LogP contribution is -2.10. The first-order chi connectivity index (χ1) is 11.2. The van der Waals surface area contributed by atoms with Gasteiger partial charge in [0.25, 0.3) is 0 Å². The van der Waals surface area contributed by atoms with Gasteiger partial charge in [0.15, 0.2) is 0 Å². The van der Waals surface area contributed by atoms with Gasteiger partial charge in [-0.25, -0.2) is 0 Å². The lowest BCUT2D eigenvalue weighted by atomic mass is 9.80. The molecular formula is C23H26. The Morgan fingerprint density at radius 3 is 2.04 bits per heavy atom. The van der Waals surface area contributed by atoms with E-state index in [1.54, 1.807) is 0 Å². The van der Waals surface area contributed by atoms with Gasteiger partial charge in [0.1, 0.15) is 0 Å². The van der Waals surface area contributed by atoms with Crippen molar-refractivity contribution in [1.29, 1.82) is 0 Å². The van der Waals surface area contributed by atoms with Gasteiger partial charge in [-0.3, -0.25) is 0 Å². The van der Waals surface area contributed by atoms with Crippen LogP contribution in [0.5, 0.6) is 0 Å². The van der Waals surface area contributed by atoms with E-state index in [2.05, 4.69) is 87.5 Å². The summed E-state index contributed by atoms with van der Waals surface area (Å²) in [7, 11) is 0. The maximum atomic E-state index is 2.47. The Balaban J connectivity index is 2.03. The highest BCUT2D eigenvalue weighted by atomic mass is 14.3. The zero-order chi connectivity index (χ0) is 16.2. The van der Waals surface area contributed by atoms with E-state index in [0.717, 1.165) is 0 Å². The quantitative estimate of drug-likeness (QED) is 0.604. The number of allylic oxidation sites excluding steroid dienone is 4. The largest absolute Gasteiger partial charge is 0.0764 e. The Morgan fingerprint density at radius 1 is 0.913 bits per heavy atom. The maximum absolute atomic E-state index is 2.47. The van der Waals surface area contributed by atoms with Gasteiger partial charge in [-0.2, -0.15) is 0 Å². The van der Waals surface area contributed by atoms with Crippen LogP contribution in [-0.4, -0.2) is 0 Å². The average molecular weight is 302 g/mol. The van der Waals surface area contributed by atoms with Crippen LogP contribution >= 0.6 is 0 Å². The Hall–Kier alpha value is -2.08. The maximum Gasteiger partial charge on any atom is 0.0187 e. The molecule has 0 fully saturated rings. The summed E-state index contributed by atoms with van der Waals surface area (Å²) < 4.78 is 0. The van der Waals surface area contributed by atoms with Gasteiger partial charge in [0.05, 0.1) is 0 Å². The molecule has 2 aromatic rings. The van der Waals surface area contributed by atoms with E-state index >= 15 is 0 Å². The van der Waals surface area contributed by atoms with Crippen molar-refractivity contribution in [3.8, 4) is 0 Å². The summed E-state index contributed by atoms with van der Waals surface area (Å²) >= 11 is 0. The van der Waals surface area contributed by atoms with E-state index in [0.29, 0.717) is 11.8 Å². The summed E-state index contributed by atoms with van der Waals surface area (Å²) in [5, 5.41) is 0. The van der Waals surface area contributed by atoms with Crippen LogP contribution in [0.3, 0.4) is 0 Å². The molecule has 0 heterocycles. The summed E-state index contributed by atoms with van der Waals surface area (Å²) in [5.74, 6) is 0.862. The summed E-state index contributed by atoms with van der Waals surface area (Å²) in [4.78, 5) is 0. The van der Waals surface area contributed by atoms with E-state index in [9.17, 15) is 0 Å². The number of aryl methyl sites for hydroxylation is 2. The van der Waals surface area contributed by atoms with E-state index in [1.807, 2.05) is 0 Å². The molecule has 118 valence electrons. The Bertz CT molecular complexity index is 688. The first-order valence-corrected chi connectivity index (χ1v) is 8.69. The molecule has 0 amide bonds. The topological polar surface area (TPSA) is 0 Å². The van der Waals surface area contributed by atoms with Crippen LogP contribution in [-0.2, 0) is 0 Å². The second kappa shape index (κ2) is 7.00. The molecule has 0 aromatic heterocycles. The molecule has 0 radical (unpaired) electrons. The van der Waals surface area contributed by atoms with Gasteiger partial charge in [0, 0.05) is 11.8 Å². The third-order valence-electron chi connectivity index (χ3n) is 4.67. The zero-order valence-electron chi connectivity index (χ0n) is 14.4. The number of hydrogen-bond acceptors (Lipinski definition) is 0. The molecule has 1 unspecified atom stereocenters. The highest BCUT2D eigenvalue weighted by Gasteiger charge is 2.24. The van der Waals surface area contributed by atoms with Crippen LogP contribution in [0.1, 0.15) is 47.9 Å². The van der Waals surface area contributed by atoms with E-state index in [1.165, 1.54) is 40.7 Å². The van der Waals surface area contributed by atoms with Crippen molar-refractivity contribution >= 4 is 0 Å². The van der Waals surface area contributed by atoms with Crippen molar-refractivity contribution in [2.24, 2.45) is 5.92 Å². The molecule has 23 heavy (non-hydrogen) atoms. The van der Waals surface area contributed by atoms with Crippen LogP contribution in [0.15, 0.2) is 72.3 Å². The molecule has 2 aromatic carbocycles. The van der Waals surface area contributed by atoms with Crippen molar-refractivity contribution < 1.29 is 0 Å². The molecule has 1 atom stereocenters. The van der Waals surface area contributed by atoms with Crippen LogP contribution in [0, 0.1) is 19.8 Å². The minimum Gasteiger partial charge on any atom is -0.0764 e. The fourth-order valence-electron chi connectivity index (χ4n) is 3.62. The average Bonchev–Trinajstić information content (AvgIpc) is 2.96. The minimum absolute atomic E-state index is 0.403. The molecule has 0 heteroatoms. The fourth-order valence-corrected chi connectivity index (χ4v) is 3.62. The normalized spacial score (nSPS) is 16.9. The highest BCUT2D eigenvalue weighted by molar-refractivity contribution is 5.42. The minimum atomic E-state index is 0.403. The molecule has 0 saturated heterocycles. The van der Waals surface area contributed by atoms with Crippen molar-refractivity contribution in [3.63, 3.8) is 0 Å². The highest BCUT2D eigenvalue weighted by Crippen LogP contribution is 2.38. The molecule has 3 rings (SSSR count). The molecule has 0 N–H and O–H groups in total. The van der Waals surface area contributed by atoms with Gasteiger partial charge >= 0.3 is 0 Å². The van der Waals surface area contributed by atoms with Crippen molar-refractivity contribution in [1.82, 2.24) is 0 Å². The van der Waals surface area contributed by atoms with Crippen molar-refractivity contribution in [3.05, 3.63) is 94.6 Å². The lowest BCUT2D eigenvalue weighted by molar-refractivity contribution is 0.689. The summed E-state index contributed by atoms with van der Waals surface area (Å²) in [5.41, 5.74) is 6.99. The standard InChI is InChI=1S/C23H26/c1-4-7-19-12-13-22(16-19)23(20-10-5-8-17(2)14-20)21-11-6-9-18(3)15-21/h5-6,8-16,22-23H,4,7H2,1-3H3. The first kappa shape index (κ1) is 15.8. The van der Waals surface area contributed by atoms with Gasteiger partial charge in [-0.1, -0.05) is 96.8 Å². The Labute approximate surface area is 140 Å². The summed E-state index contributed by atoms with van der Waals surface area (Å²) in [6, 6.07) is 18.0. The third kappa shape index (κ3) is 3.64. The number of benzene rings is 2. The summed E-state index contributed by atoms with van der Waals surface area (Å²) in [6.07, 6.45) is 9.58. The molecule has 0 bridgehead atoms. The number of rotatable bonds is 5. The molecule has 1 aliphatic carbocycles. The van der Waals surface area contributed by atoms with Crippen LogP contribution < -0.4 is 0 Å². The van der Waals surface area contributed by atoms with Crippen LogP contribution in [0.25, 0.3) is 0 Å². The van der Waals surface area contributed by atoms with Crippen molar-refractivity contribution in [2.75, 3.05) is 0 Å². The molecular weight excluding hydrogens is 276 g/mol. The Kier molecular flexibility index (Phi) is 4.81. The molecule has 1 aliphatic rings. The monoisotopic (exact) mass is 302 g/mol. The number of hydrogen-bond donors (Lipinski definition) is 0. The smallest absolute Gasteiger partial charge is 0.0187 e. The second-order valence-corrected chi connectivity index (χ2v) is 6.73. The lowest BCUT2D eigenvalue weighted by Gasteiger charge is -2.23. The van der Waals surface area contributed by atoms with Gasteiger partial charge in [-0.15, -0.1) is 0 Å². The van der Waals surface area contributed by atoms with E-state index < -0.39 is 0 Å². The predicted octanol–water partition coefficient (Wildman–Crippen LogP) is 6.35.